The van der Waals surface area contributed by atoms with E-state index in [2.05, 4.69) is 33.8 Å². The molecule has 2 bridgehead atoms. The summed E-state index contributed by atoms with van der Waals surface area (Å²) in [6.07, 6.45) is 9.12. The van der Waals surface area contributed by atoms with Crippen LogP contribution < -0.4 is 9.64 Å². The molecule has 1 saturated heterocycles. The van der Waals surface area contributed by atoms with Gasteiger partial charge in [-0.15, -0.1) is 0 Å². The van der Waals surface area contributed by atoms with Gasteiger partial charge in [-0.25, -0.2) is 9.59 Å². The molecule has 1 spiro atoms. The van der Waals surface area contributed by atoms with E-state index in [1.165, 1.54) is 26.7 Å². The maximum atomic E-state index is 15.7. The fourth-order valence-corrected chi connectivity index (χ4v) is 14.0. The molecule has 14 heteroatoms. The van der Waals surface area contributed by atoms with Gasteiger partial charge < -0.3 is 43.6 Å². The number of esters is 4. The molecule has 2 fully saturated rings. The van der Waals surface area contributed by atoms with Gasteiger partial charge in [0.1, 0.15) is 17.8 Å². The van der Waals surface area contributed by atoms with E-state index in [9.17, 15) is 19.5 Å². The Morgan fingerprint density at radius 3 is 2.39 bits per heavy atom. The van der Waals surface area contributed by atoms with Crippen LogP contribution in [-0.2, 0) is 62.0 Å². The van der Waals surface area contributed by atoms with E-state index in [4.69, 9.17) is 23.7 Å². The summed E-state index contributed by atoms with van der Waals surface area (Å²) < 4.78 is 30.3. The van der Waals surface area contributed by atoms with E-state index in [1.54, 1.807) is 7.11 Å². The fraction of sp³-hybridized carbons (Fsp3) is 0.455. The van der Waals surface area contributed by atoms with E-state index in [-0.39, 0.29) is 31.4 Å². The van der Waals surface area contributed by atoms with Crippen molar-refractivity contribution >= 4 is 40.5 Å². The number of nitrogens with zero attached hydrogens (tertiary/aromatic N) is 3. The number of H-pyrrole nitrogens is 1. The fourth-order valence-electron chi connectivity index (χ4n) is 14.0. The number of fused-ring (bicyclic) bond motifs is 6. The van der Waals surface area contributed by atoms with Crippen molar-refractivity contribution in [1.82, 2.24) is 14.8 Å². The summed E-state index contributed by atoms with van der Waals surface area (Å²) in [6.45, 7) is 7.86. The Morgan fingerprint density at radius 1 is 0.928 bits per heavy atom. The number of anilines is 1. The summed E-state index contributed by atoms with van der Waals surface area (Å²) in [6, 6.07) is 20.1. The number of ether oxygens (including phenoxy) is 5. The van der Waals surface area contributed by atoms with Crippen molar-refractivity contribution in [3.63, 3.8) is 0 Å². The summed E-state index contributed by atoms with van der Waals surface area (Å²) in [7, 11) is 6.09. The quantitative estimate of drug-likeness (QED) is 0.102. The predicted molar refractivity (Wildman–Crippen MR) is 258 cm³/mol. The highest BCUT2D eigenvalue weighted by Gasteiger charge is 2.80. The van der Waals surface area contributed by atoms with Crippen molar-refractivity contribution in [3.05, 3.63) is 130 Å². The number of carbonyl (C=O) groups is 4. The van der Waals surface area contributed by atoms with Gasteiger partial charge in [0.25, 0.3) is 0 Å². The monoisotopic (exact) mass is 938 g/mol. The van der Waals surface area contributed by atoms with Crippen LogP contribution in [-0.4, -0.2) is 122 Å². The van der Waals surface area contributed by atoms with Crippen LogP contribution >= 0.6 is 0 Å². The average molecular weight is 939 g/mol. The van der Waals surface area contributed by atoms with Crippen molar-refractivity contribution < 1.29 is 48.0 Å². The molecule has 1 saturated carbocycles. The lowest BCUT2D eigenvalue weighted by atomic mass is 9.47. The lowest BCUT2D eigenvalue weighted by molar-refractivity contribution is -0.228. The van der Waals surface area contributed by atoms with Gasteiger partial charge in [0.2, 0.25) is 5.60 Å². The van der Waals surface area contributed by atoms with Crippen LogP contribution in [0.15, 0.2) is 102 Å². The second kappa shape index (κ2) is 17.2. The van der Waals surface area contributed by atoms with Crippen molar-refractivity contribution in [2.45, 2.75) is 94.1 Å². The molecule has 0 unspecified atom stereocenters. The minimum absolute atomic E-state index is 0.0936. The minimum atomic E-state index is -2.35. The van der Waals surface area contributed by atoms with Crippen LogP contribution in [0.3, 0.4) is 0 Å². The Morgan fingerprint density at radius 2 is 1.68 bits per heavy atom. The minimum Gasteiger partial charge on any atom is -0.496 e. The third-order valence-corrected chi connectivity index (χ3v) is 16.5. The first-order valence-electron chi connectivity index (χ1n) is 24.1. The number of aliphatic hydroxyl groups is 1. The molecule has 6 aliphatic rings. The molecule has 0 amide bonds. The van der Waals surface area contributed by atoms with E-state index in [0.717, 1.165) is 34.0 Å². The van der Waals surface area contributed by atoms with Crippen LogP contribution in [0.4, 0.5) is 5.69 Å². The zero-order valence-corrected chi connectivity index (χ0v) is 40.5. The molecule has 14 nitrogen and oxygen atoms in total. The van der Waals surface area contributed by atoms with Crippen LogP contribution in [0.25, 0.3) is 10.9 Å². The number of nitrogens with one attached hydrogen (secondary N) is 1. The standard InChI is InChI=1S/C55H62N4O10/c1-8-34-24-36-28-54(50(62)66-6,45-39(38-18-13-14-19-42(38)56-45)25-37(31-58(29-34)30-36)46(61)68-32-35-16-11-10-12-17-35)41-26-40-43(27-44(41)65-5)57(4)48-53(40)21-23-59-22-15-20-52(9-2,47(53)59)49(69-33(3)60)55(48,64)51(63)67-7/h10-20,24,26-27,31,36,47-49,56,64H,8-9,21-23,25,28-30,32H2,1-7H3/b37-31+/t36-,47-,48+,49+,52+,53+,54-,55-/m0/s1. The highest BCUT2D eigenvalue weighted by molar-refractivity contribution is 5.97. The number of aromatic nitrogens is 1. The zero-order valence-electron chi connectivity index (χ0n) is 40.5. The van der Waals surface area contributed by atoms with Gasteiger partial charge in [0, 0.05) is 97.0 Å². The largest absolute Gasteiger partial charge is 0.496 e. The lowest BCUT2D eigenvalue weighted by Gasteiger charge is -2.63. The van der Waals surface area contributed by atoms with Crippen molar-refractivity contribution in [1.29, 1.82) is 0 Å². The Hall–Kier alpha value is -6.38. The van der Waals surface area contributed by atoms with E-state index >= 15 is 4.79 Å². The third-order valence-electron chi connectivity index (χ3n) is 16.5. The summed E-state index contributed by atoms with van der Waals surface area (Å²) >= 11 is 0. The maximum absolute atomic E-state index is 15.7. The molecule has 0 radical (unpaired) electrons. The number of likely N-dealkylation sites (N-methyl/N-ethyl adjacent to an activating group) is 1. The summed E-state index contributed by atoms with van der Waals surface area (Å²) in [5, 5.41) is 14.3. The maximum Gasteiger partial charge on any atom is 0.344 e. The van der Waals surface area contributed by atoms with Gasteiger partial charge in [-0.05, 0) is 67.0 Å². The third kappa shape index (κ3) is 6.71. The molecule has 362 valence electrons. The summed E-state index contributed by atoms with van der Waals surface area (Å²) in [4.78, 5) is 68.2. The van der Waals surface area contributed by atoms with Gasteiger partial charge >= 0.3 is 23.9 Å². The van der Waals surface area contributed by atoms with Crippen LogP contribution in [0, 0.1) is 11.3 Å². The van der Waals surface area contributed by atoms with Crippen LogP contribution in [0.5, 0.6) is 5.75 Å². The normalized spacial score (nSPS) is 30.7. The number of hydrogen-bond acceptors (Lipinski definition) is 13. The number of rotatable bonds is 10. The second-order valence-electron chi connectivity index (χ2n) is 19.8. The number of methoxy groups -OCH3 is 3. The molecule has 10 rings (SSSR count). The SMILES string of the molecule is CCC1=C[C@@H]2CN(/C=C(/C(=O)OCc3ccccc3)Cc3c([nH]c4ccccc34)[C@@](C(=O)OC)(c3cc4c(cc3OC)N(C)[C@H]3[C@@](O)(C(=O)OC)[C@H](OC(C)=O)[C@]5(CC)C=CCN6CC[C@]43[C@@H]65)C2)C1. The number of hydrogen-bond donors (Lipinski definition) is 2. The second-order valence-corrected chi connectivity index (χ2v) is 19.8. The Bertz CT molecular complexity index is 2840. The lowest BCUT2D eigenvalue weighted by Crippen LogP contribution is -2.81. The summed E-state index contributed by atoms with van der Waals surface area (Å²) in [5.74, 6) is -2.33. The first-order chi connectivity index (χ1) is 33.2. The van der Waals surface area contributed by atoms with E-state index in [1.807, 2.05) is 97.9 Å². The summed E-state index contributed by atoms with van der Waals surface area (Å²) in [5.41, 5.74) is 0.692. The van der Waals surface area contributed by atoms with Crippen molar-refractivity contribution in [2.75, 3.05) is 59.5 Å². The molecule has 6 heterocycles. The van der Waals surface area contributed by atoms with Gasteiger partial charge in [0.05, 0.1) is 32.9 Å². The first kappa shape index (κ1) is 46.4. The average Bonchev–Trinajstić information content (AvgIpc) is 4.02. The molecular weight excluding hydrogens is 877 g/mol. The first-order valence-corrected chi connectivity index (χ1v) is 24.1. The highest BCUT2D eigenvalue weighted by Crippen LogP contribution is 2.68. The molecule has 3 aromatic carbocycles. The molecule has 8 atom stereocenters. The zero-order chi connectivity index (χ0) is 48.6. The van der Waals surface area contributed by atoms with Crippen molar-refractivity contribution in [3.8, 4) is 5.75 Å². The molecule has 5 aliphatic heterocycles. The highest BCUT2D eigenvalue weighted by atomic mass is 16.6. The Kier molecular flexibility index (Phi) is 11.6. The molecule has 2 N–H and O–H groups in total. The number of carbonyl (C=O) groups excluding carboxylic acids is 4. The van der Waals surface area contributed by atoms with Gasteiger partial charge in [0.15, 0.2) is 6.10 Å². The molecule has 1 aliphatic carbocycles. The number of benzene rings is 3. The number of aromatic amines is 1. The molecule has 69 heavy (non-hydrogen) atoms. The Labute approximate surface area is 402 Å². The van der Waals surface area contributed by atoms with Gasteiger partial charge in [-0.2, -0.15) is 0 Å². The predicted octanol–water partition coefficient (Wildman–Crippen LogP) is 6.42. The van der Waals surface area contributed by atoms with E-state index < -0.39 is 57.9 Å². The van der Waals surface area contributed by atoms with Gasteiger partial charge in [-0.1, -0.05) is 86.2 Å². The molecule has 4 aromatic rings. The van der Waals surface area contributed by atoms with Gasteiger partial charge in [-0.3, -0.25) is 14.5 Å². The van der Waals surface area contributed by atoms with Crippen LogP contribution in [0.1, 0.15) is 74.4 Å². The molecular formula is C55H62N4O10. The molecule has 1 aromatic heterocycles. The van der Waals surface area contributed by atoms with Crippen molar-refractivity contribution in [2.24, 2.45) is 11.3 Å². The number of para-hydroxylation sites is 1. The topological polar surface area (TPSA) is 160 Å². The van der Waals surface area contributed by atoms with Crippen LogP contribution in [0.2, 0.25) is 0 Å². The Balaban J connectivity index is 1.25. The smallest absolute Gasteiger partial charge is 0.344 e. The van der Waals surface area contributed by atoms with E-state index in [0.29, 0.717) is 67.3 Å².